The third-order valence-electron chi connectivity index (χ3n) is 2.86. The van der Waals surface area contributed by atoms with Crippen LogP contribution < -0.4 is 10.2 Å². The van der Waals surface area contributed by atoms with Crippen LogP contribution >= 0.6 is 0 Å². The summed E-state index contributed by atoms with van der Waals surface area (Å²) < 4.78 is 38.9. The van der Waals surface area contributed by atoms with E-state index < -0.39 is 17.6 Å². The SMILES string of the molecule is CCC(=O)NCCN(C(C)=O)c1ccccc1C(F)(F)F. The summed E-state index contributed by atoms with van der Waals surface area (Å²) in [5.41, 5.74) is -1.08. The second-order valence-corrected chi connectivity index (χ2v) is 4.39. The number of para-hydroxylation sites is 1. The van der Waals surface area contributed by atoms with Crippen LogP contribution in [0.4, 0.5) is 18.9 Å². The Bertz CT molecular complexity index is 515. The molecule has 116 valence electrons. The van der Waals surface area contributed by atoms with Crippen molar-refractivity contribution in [1.29, 1.82) is 0 Å². The van der Waals surface area contributed by atoms with Crippen molar-refractivity contribution < 1.29 is 22.8 Å². The van der Waals surface area contributed by atoms with E-state index in [1.165, 1.54) is 25.1 Å². The molecular weight excluding hydrogens is 285 g/mol. The van der Waals surface area contributed by atoms with Crippen molar-refractivity contribution in [2.24, 2.45) is 0 Å². The van der Waals surface area contributed by atoms with E-state index in [2.05, 4.69) is 5.32 Å². The highest BCUT2D eigenvalue weighted by Crippen LogP contribution is 2.36. The minimum atomic E-state index is -4.54. The van der Waals surface area contributed by atoms with Gasteiger partial charge < -0.3 is 10.2 Å². The van der Waals surface area contributed by atoms with Gasteiger partial charge >= 0.3 is 6.18 Å². The zero-order chi connectivity index (χ0) is 16.0. The first-order valence-electron chi connectivity index (χ1n) is 6.48. The lowest BCUT2D eigenvalue weighted by molar-refractivity contribution is -0.137. The predicted molar refractivity (Wildman–Crippen MR) is 72.8 cm³/mol. The summed E-state index contributed by atoms with van der Waals surface area (Å²) in [5.74, 6) is -0.736. The average molecular weight is 302 g/mol. The molecule has 0 saturated carbocycles. The Balaban J connectivity index is 2.97. The van der Waals surface area contributed by atoms with Crippen LogP contribution in [0.15, 0.2) is 24.3 Å². The lowest BCUT2D eigenvalue weighted by atomic mass is 10.1. The largest absolute Gasteiger partial charge is 0.418 e. The second kappa shape index (κ2) is 7.10. The van der Waals surface area contributed by atoms with Gasteiger partial charge in [0, 0.05) is 26.4 Å². The van der Waals surface area contributed by atoms with Gasteiger partial charge in [-0.25, -0.2) is 0 Å². The number of amides is 2. The number of benzene rings is 1. The number of hydrogen-bond donors (Lipinski definition) is 1. The number of nitrogens with one attached hydrogen (secondary N) is 1. The molecule has 0 aromatic heterocycles. The molecule has 0 saturated heterocycles. The molecule has 0 spiro atoms. The number of nitrogens with zero attached hydrogens (tertiary/aromatic N) is 1. The van der Waals surface area contributed by atoms with E-state index in [0.717, 1.165) is 11.0 Å². The van der Waals surface area contributed by atoms with E-state index in [9.17, 15) is 22.8 Å². The van der Waals surface area contributed by atoms with Crippen molar-refractivity contribution in [3.63, 3.8) is 0 Å². The van der Waals surface area contributed by atoms with Crippen molar-refractivity contribution >= 4 is 17.5 Å². The number of hydrogen-bond acceptors (Lipinski definition) is 2. The van der Waals surface area contributed by atoms with Crippen LogP contribution in [0.1, 0.15) is 25.8 Å². The van der Waals surface area contributed by atoms with Crippen LogP contribution in [-0.4, -0.2) is 24.9 Å². The van der Waals surface area contributed by atoms with Gasteiger partial charge in [-0.3, -0.25) is 9.59 Å². The van der Waals surface area contributed by atoms with E-state index in [4.69, 9.17) is 0 Å². The van der Waals surface area contributed by atoms with Crippen molar-refractivity contribution in [2.75, 3.05) is 18.0 Å². The van der Waals surface area contributed by atoms with Gasteiger partial charge in [-0.1, -0.05) is 19.1 Å². The van der Waals surface area contributed by atoms with E-state index in [-0.39, 0.29) is 31.1 Å². The highest BCUT2D eigenvalue weighted by Gasteiger charge is 2.35. The molecule has 0 bridgehead atoms. The van der Waals surface area contributed by atoms with Crippen LogP contribution in [0, 0.1) is 0 Å². The van der Waals surface area contributed by atoms with Gasteiger partial charge in [0.1, 0.15) is 0 Å². The van der Waals surface area contributed by atoms with Gasteiger partial charge in [-0.15, -0.1) is 0 Å². The van der Waals surface area contributed by atoms with E-state index in [1.54, 1.807) is 6.92 Å². The Hall–Kier alpha value is -2.05. The predicted octanol–water partition coefficient (Wildman–Crippen LogP) is 2.58. The molecular formula is C14H17F3N2O2. The van der Waals surface area contributed by atoms with Crippen LogP contribution in [0.3, 0.4) is 0 Å². The van der Waals surface area contributed by atoms with Gasteiger partial charge in [0.15, 0.2) is 0 Å². The van der Waals surface area contributed by atoms with Gasteiger partial charge in [-0.2, -0.15) is 13.2 Å². The third-order valence-corrected chi connectivity index (χ3v) is 2.86. The number of anilines is 1. The number of rotatable bonds is 5. The summed E-state index contributed by atoms with van der Waals surface area (Å²) in [4.78, 5) is 23.8. The number of alkyl halides is 3. The average Bonchev–Trinajstić information content (AvgIpc) is 2.42. The minimum Gasteiger partial charge on any atom is -0.354 e. The molecule has 0 aliphatic carbocycles. The fourth-order valence-corrected chi connectivity index (χ4v) is 1.83. The summed E-state index contributed by atoms with van der Waals surface area (Å²) in [5, 5.41) is 2.53. The summed E-state index contributed by atoms with van der Waals surface area (Å²) in [7, 11) is 0. The molecule has 7 heteroatoms. The van der Waals surface area contributed by atoms with Crippen LogP contribution in [0.25, 0.3) is 0 Å². The van der Waals surface area contributed by atoms with Gasteiger partial charge in [0.2, 0.25) is 11.8 Å². The molecule has 0 radical (unpaired) electrons. The van der Waals surface area contributed by atoms with Crippen LogP contribution in [-0.2, 0) is 15.8 Å². The van der Waals surface area contributed by atoms with Crippen LogP contribution in [0.5, 0.6) is 0 Å². The zero-order valence-corrected chi connectivity index (χ0v) is 11.8. The third kappa shape index (κ3) is 4.77. The summed E-state index contributed by atoms with van der Waals surface area (Å²) in [6, 6.07) is 4.87. The van der Waals surface area contributed by atoms with Crippen LogP contribution in [0.2, 0.25) is 0 Å². The lowest BCUT2D eigenvalue weighted by Crippen LogP contribution is -2.38. The number of carbonyl (C=O) groups is 2. The smallest absolute Gasteiger partial charge is 0.354 e. The molecule has 1 aromatic rings. The second-order valence-electron chi connectivity index (χ2n) is 4.39. The molecule has 2 amide bonds. The highest BCUT2D eigenvalue weighted by atomic mass is 19.4. The van der Waals surface area contributed by atoms with Crippen molar-refractivity contribution in [3.8, 4) is 0 Å². The Morgan fingerprint density at radius 1 is 1.24 bits per heavy atom. The molecule has 1 N–H and O–H groups in total. The normalized spacial score (nSPS) is 11.1. The summed E-state index contributed by atoms with van der Waals surface area (Å²) >= 11 is 0. The maximum absolute atomic E-state index is 13.0. The molecule has 0 atom stereocenters. The Morgan fingerprint density at radius 2 is 1.86 bits per heavy atom. The van der Waals surface area contributed by atoms with Gasteiger partial charge in [0.25, 0.3) is 0 Å². The monoisotopic (exact) mass is 302 g/mol. The van der Waals surface area contributed by atoms with E-state index >= 15 is 0 Å². The summed E-state index contributed by atoms with van der Waals surface area (Å²) in [6.07, 6.45) is -4.27. The molecule has 0 heterocycles. The zero-order valence-electron chi connectivity index (χ0n) is 11.8. The van der Waals surface area contributed by atoms with Gasteiger partial charge in [-0.05, 0) is 12.1 Å². The molecule has 1 rings (SSSR count). The highest BCUT2D eigenvalue weighted by molar-refractivity contribution is 5.92. The first-order valence-corrected chi connectivity index (χ1v) is 6.48. The maximum Gasteiger partial charge on any atom is 0.418 e. The Morgan fingerprint density at radius 3 is 2.38 bits per heavy atom. The quantitative estimate of drug-likeness (QED) is 0.909. The minimum absolute atomic E-state index is 0.0197. The van der Waals surface area contributed by atoms with Crippen molar-refractivity contribution in [2.45, 2.75) is 26.4 Å². The topological polar surface area (TPSA) is 49.4 Å². The van der Waals surface area contributed by atoms with Crippen molar-refractivity contribution in [3.05, 3.63) is 29.8 Å². The summed E-state index contributed by atoms with van der Waals surface area (Å²) in [6.45, 7) is 2.93. The van der Waals surface area contributed by atoms with Gasteiger partial charge in [0.05, 0.1) is 11.3 Å². The fourth-order valence-electron chi connectivity index (χ4n) is 1.83. The first-order chi connectivity index (χ1) is 9.77. The molecule has 4 nitrogen and oxygen atoms in total. The van der Waals surface area contributed by atoms with E-state index in [0.29, 0.717) is 0 Å². The number of carbonyl (C=O) groups excluding carboxylic acids is 2. The maximum atomic E-state index is 13.0. The lowest BCUT2D eigenvalue weighted by Gasteiger charge is -2.24. The fraction of sp³-hybridized carbons (Fsp3) is 0.429. The van der Waals surface area contributed by atoms with Crippen molar-refractivity contribution in [1.82, 2.24) is 5.32 Å². The Kier molecular flexibility index (Phi) is 5.75. The number of halogens is 3. The molecule has 0 fully saturated rings. The molecule has 1 aromatic carbocycles. The Labute approximate surface area is 120 Å². The molecule has 0 aliphatic heterocycles. The molecule has 0 aliphatic rings. The molecule has 21 heavy (non-hydrogen) atoms. The standard InChI is InChI=1S/C14H17F3N2O2/c1-3-13(21)18-8-9-19(10(2)20)12-7-5-4-6-11(12)14(15,16)17/h4-7H,3,8-9H2,1-2H3,(H,18,21). The first kappa shape index (κ1) is 17.0. The molecule has 0 unspecified atom stereocenters. The van der Waals surface area contributed by atoms with E-state index in [1.807, 2.05) is 0 Å².